The predicted molar refractivity (Wildman–Crippen MR) is 82.5 cm³/mol. The number of aromatic nitrogens is 1. The van der Waals surface area contributed by atoms with Gasteiger partial charge in [-0.25, -0.2) is 8.42 Å². The van der Waals surface area contributed by atoms with Crippen LogP contribution in [0.5, 0.6) is 0 Å². The molecule has 1 fully saturated rings. The third-order valence-electron chi connectivity index (χ3n) is 4.89. The number of fused-ring (bicyclic) bond motifs is 1. The zero-order valence-electron chi connectivity index (χ0n) is 12.2. The zero-order valence-corrected chi connectivity index (χ0v) is 13.0. The van der Waals surface area contributed by atoms with Crippen LogP contribution in [0.4, 0.5) is 0 Å². The van der Waals surface area contributed by atoms with Crippen molar-refractivity contribution in [2.24, 2.45) is 5.84 Å². The number of pyridine rings is 1. The average molecular weight is 309 g/mol. The Balaban J connectivity index is 1.94. The second-order valence-electron chi connectivity index (χ2n) is 6.14. The SMILES string of the molecule is NNC(C1CCCc2cccnc21)C1CCCCS1(=O)=O. The molecule has 0 aromatic carbocycles. The minimum absolute atomic E-state index is 0.0952. The maximum Gasteiger partial charge on any atom is 0.154 e. The lowest BCUT2D eigenvalue weighted by atomic mass is 9.80. The van der Waals surface area contributed by atoms with Gasteiger partial charge in [0, 0.05) is 23.9 Å². The van der Waals surface area contributed by atoms with E-state index in [1.165, 1.54) is 5.56 Å². The molecule has 0 bridgehead atoms. The summed E-state index contributed by atoms with van der Waals surface area (Å²) in [6.45, 7) is 0. The van der Waals surface area contributed by atoms with Crippen molar-refractivity contribution in [2.75, 3.05) is 5.75 Å². The summed E-state index contributed by atoms with van der Waals surface area (Å²) in [5.41, 5.74) is 5.09. The quantitative estimate of drug-likeness (QED) is 0.649. The van der Waals surface area contributed by atoms with Gasteiger partial charge in [-0.2, -0.15) is 0 Å². The van der Waals surface area contributed by atoms with Crippen LogP contribution in [0.15, 0.2) is 18.3 Å². The van der Waals surface area contributed by atoms with Crippen molar-refractivity contribution < 1.29 is 8.42 Å². The Morgan fingerprint density at radius 2 is 2.14 bits per heavy atom. The van der Waals surface area contributed by atoms with Crippen molar-refractivity contribution in [3.8, 4) is 0 Å². The first-order chi connectivity index (χ1) is 10.1. The molecule has 2 aliphatic rings. The lowest BCUT2D eigenvalue weighted by Gasteiger charge is -2.37. The highest BCUT2D eigenvalue weighted by molar-refractivity contribution is 7.92. The summed E-state index contributed by atoms with van der Waals surface area (Å²) >= 11 is 0. The van der Waals surface area contributed by atoms with Gasteiger partial charge in [0.1, 0.15) is 0 Å². The van der Waals surface area contributed by atoms with E-state index in [-0.39, 0.29) is 23.0 Å². The fourth-order valence-corrected chi connectivity index (χ4v) is 6.01. The molecule has 3 rings (SSSR count). The summed E-state index contributed by atoms with van der Waals surface area (Å²) in [5.74, 6) is 6.16. The van der Waals surface area contributed by atoms with Gasteiger partial charge in [0.25, 0.3) is 0 Å². The number of nitrogens with one attached hydrogen (secondary N) is 1. The molecule has 1 aliphatic heterocycles. The van der Waals surface area contributed by atoms with E-state index >= 15 is 0 Å². The van der Waals surface area contributed by atoms with Crippen LogP contribution in [0, 0.1) is 0 Å². The second kappa shape index (κ2) is 6.02. The van der Waals surface area contributed by atoms with E-state index in [9.17, 15) is 8.42 Å². The average Bonchev–Trinajstić information content (AvgIpc) is 2.49. The lowest BCUT2D eigenvalue weighted by molar-refractivity contribution is 0.354. The molecule has 116 valence electrons. The van der Waals surface area contributed by atoms with Gasteiger partial charge in [-0.3, -0.25) is 16.3 Å². The van der Waals surface area contributed by atoms with Crippen molar-refractivity contribution in [1.29, 1.82) is 0 Å². The normalized spacial score (nSPS) is 29.6. The highest BCUT2D eigenvalue weighted by atomic mass is 32.2. The van der Waals surface area contributed by atoms with Gasteiger partial charge in [-0.15, -0.1) is 0 Å². The maximum atomic E-state index is 12.4. The smallest absolute Gasteiger partial charge is 0.154 e. The van der Waals surface area contributed by atoms with Gasteiger partial charge < -0.3 is 0 Å². The fraction of sp³-hybridized carbons (Fsp3) is 0.667. The lowest BCUT2D eigenvalue weighted by Crippen LogP contribution is -2.53. The van der Waals surface area contributed by atoms with E-state index in [0.717, 1.165) is 37.8 Å². The third kappa shape index (κ3) is 2.84. The number of hydrogen-bond acceptors (Lipinski definition) is 5. The van der Waals surface area contributed by atoms with Gasteiger partial charge >= 0.3 is 0 Å². The van der Waals surface area contributed by atoms with Crippen molar-refractivity contribution >= 4 is 9.84 Å². The number of nitrogens with zero attached hydrogens (tertiary/aromatic N) is 1. The Morgan fingerprint density at radius 3 is 2.90 bits per heavy atom. The predicted octanol–water partition coefficient (Wildman–Crippen LogP) is 1.30. The van der Waals surface area contributed by atoms with Crippen LogP contribution in [-0.2, 0) is 16.3 Å². The highest BCUT2D eigenvalue weighted by Crippen LogP contribution is 2.36. The number of nitrogens with two attached hydrogens (primary N) is 1. The molecule has 3 unspecified atom stereocenters. The number of hydrogen-bond donors (Lipinski definition) is 2. The molecule has 6 heteroatoms. The molecule has 0 saturated carbocycles. The fourth-order valence-electron chi connectivity index (χ4n) is 3.86. The summed E-state index contributed by atoms with van der Waals surface area (Å²) in [4.78, 5) is 4.52. The topological polar surface area (TPSA) is 85.1 Å². The minimum Gasteiger partial charge on any atom is -0.271 e. The summed E-state index contributed by atoms with van der Waals surface area (Å²) in [5, 5.41) is -0.380. The molecular weight excluding hydrogens is 286 g/mol. The second-order valence-corrected chi connectivity index (χ2v) is 8.48. The van der Waals surface area contributed by atoms with E-state index < -0.39 is 9.84 Å². The van der Waals surface area contributed by atoms with Crippen LogP contribution in [0.1, 0.15) is 49.3 Å². The summed E-state index contributed by atoms with van der Waals surface area (Å²) in [6, 6.07) is 3.81. The van der Waals surface area contributed by atoms with E-state index in [1.54, 1.807) is 6.20 Å². The van der Waals surface area contributed by atoms with Gasteiger partial charge in [-0.1, -0.05) is 12.5 Å². The summed E-state index contributed by atoms with van der Waals surface area (Å²) < 4.78 is 24.8. The monoisotopic (exact) mass is 309 g/mol. The molecule has 0 amide bonds. The Kier molecular flexibility index (Phi) is 4.28. The molecule has 3 atom stereocenters. The molecule has 2 heterocycles. The Hall–Kier alpha value is -0.980. The molecule has 1 aromatic heterocycles. The Morgan fingerprint density at radius 1 is 1.29 bits per heavy atom. The first-order valence-corrected chi connectivity index (χ1v) is 9.46. The van der Waals surface area contributed by atoms with Gasteiger partial charge in [-0.05, 0) is 43.7 Å². The standard InChI is InChI=1S/C15H23N3O2S/c16-18-15(13-8-1-2-10-21(13,19)20)12-7-3-5-11-6-4-9-17-14(11)12/h4,6,9,12-13,15,18H,1-3,5,7-8,10,16H2. The van der Waals surface area contributed by atoms with Crippen LogP contribution >= 0.6 is 0 Å². The van der Waals surface area contributed by atoms with Gasteiger partial charge in [0.15, 0.2) is 9.84 Å². The van der Waals surface area contributed by atoms with Crippen LogP contribution in [0.25, 0.3) is 0 Å². The van der Waals surface area contributed by atoms with Gasteiger partial charge in [0.05, 0.1) is 11.0 Å². The number of aryl methyl sites for hydroxylation is 1. The number of sulfone groups is 1. The van der Waals surface area contributed by atoms with Crippen LogP contribution in [0.3, 0.4) is 0 Å². The largest absolute Gasteiger partial charge is 0.271 e. The van der Waals surface area contributed by atoms with Crippen molar-refractivity contribution in [3.05, 3.63) is 29.6 Å². The zero-order chi connectivity index (χ0) is 14.9. The van der Waals surface area contributed by atoms with E-state index in [1.807, 2.05) is 6.07 Å². The molecule has 0 spiro atoms. The highest BCUT2D eigenvalue weighted by Gasteiger charge is 2.41. The van der Waals surface area contributed by atoms with Crippen molar-refractivity contribution in [1.82, 2.24) is 10.4 Å². The van der Waals surface area contributed by atoms with Gasteiger partial charge in [0.2, 0.25) is 0 Å². The number of rotatable bonds is 3. The first-order valence-electron chi connectivity index (χ1n) is 7.75. The number of hydrazine groups is 1. The Bertz CT molecular complexity index is 603. The molecule has 1 aliphatic carbocycles. The third-order valence-corrected chi connectivity index (χ3v) is 7.20. The van der Waals surface area contributed by atoms with Crippen LogP contribution < -0.4 is 11.3 Å². The molecule has 5 nitrogen and oxygen atoms in total. The van der Waals surface area contributed by atoms with Crippen molar-refractivity contribution in [2.45, 2.75) is 55.7 Å². The summed E-state index contributed by atoms with van der Waals surface area (Å²) in [7, 11) is -3.06. The molecule has 21 heavy (non-hydrogen) atoms. The van der Waals surface area contributed by atoms with Crippen molar-refractivity contribution in [3.63, 3.8) is 0 Å². The van der Waals surface area contributed by atoms with Crippen LogP contribution in [0.2, 0.25) is 0 Å². The molecule has 3 N–H and O–H groups in total. The molecule has 1 aromatic rings. The molecule has 0 radical (unpaired) electrons. The first kappa shape index (κ1) is 14.9. The molecular formula is C15H23N3O2S. The van der Waals surface area contributed by atoms with E-state index in [2.05, 4.69) is 16.5 Å². The van der Waals surface area contributed by atoms with E-state index in [0.29, 0.717) is 6.42 Å². The molecule has 1 saturated heterocycles. The maximum absolute atomic E-state index is 12.4. The summed E-state index contributed by atoms with van der Waals surface area (Å²) in [6.07, 6.45) is 7.27. The van der Waals surface area contributed by atoms with Crippen LogP contribution in [-0.4, -0.2) is 30.4 Å². The Labute approximate surface area is 126 Å². The van der Waals surface area contributed by atoms with E-state index in [4.69, 9.17) is 5.84 Å². The minimum atomic E-state index is -3.06.